The topological polar surface area (TPSA) is 286 Å². The van der Waals surface area contributed by atoms with Gasteiger partial charge < -0.3 is 29.7 Å². The molecule has 2 aromatic heterocycles. The molecule has 2 aromatic rings. The Hall–Kier alpha value is -4.70. The summed E-state index contributed by atoms with van der Waals surface area (Å²) in [5.74, 6) is 1.19. The van der Waals surface area contributed by atoms with Gasteiger partial charge in [-0.2, -0.15) is 35.1 Å². The molecule has 0 atom stereocenters. The lowest BCUT2D eigenvalue weighted by atomic mass is 9.82. The van der Waals surface area contributed by atoms with Gasteiger partial charge in [-0.05, 0) is 152 Å². The molecule has 0 spiro atoms. The number of aliphatic carboxylic acids is 1. The Labute approximate surface area is 470 Å². The van der Waals surface area contributed by atoms with Crippen molar-refractivity contribution in [2.24, 2.45) is 53.0 Å². The van der Waals surface area contributed by atoms with Crippen LogP contribution >= 0.6 is 24.8 Å². The van der Waals surface area contributed by atoms with Gasteiger partial charge in [0.05, 0.1) is 12.5 Å². The Morgan fingerprint density at radius 1 is 0.512 bits per heavy atom. The smallest absolute Gasteiger partial charge is 0.381 e. The number of alkyl halides is 10. The maximum atomic E-state index is 12.2. The van der Waals surface area contributed by atoms with E-state index in [1.54, 1.807) is 0 Å². The summed E-state index contributed by atoms with van der Waals surface area (Å²) in [4.78, 5) is 63.1. The van der Waals surface area contributed by atoms with E-state index in [4.69, 9.17) is 25.5 Å². The van der Waals surface area contributed by atoms with Crippen LogP contribution in [0.25, 0.3) is 0 Å². The Morgan fingerprint density at radius 2 is 0.838 bits per heavy atom. The third-order valence-corrected chi connectivity index (χ3v) is 14.3. The standard InChI is InChI=1S/C11H17F2NO2.C10H14F2N2O.C9H13F2N3O.C8H16N2O.C8H14O2.C4H2F4O3.2ClH/c1-7-2-4-8(5-3-7)11(16)14-6-9(15)10(12)13;1-6-2-4-7(5-3-6)9-13-14-10(15-9)8(11)12;10-7(11)9-14-13-8(15-9)5-1-3-6(12)4-2-5;1-6-2-4-7(5-3-6)8(11)10-9;1-6-2-4-7(5-3-6)8(9)10;5-1(6)3(9)11-4(10)2(7)8;;/h7-8,10H,2-6H2,1H3,(H,14,16);6-8H,2-5H2,1H3;5-7H,1-4,12H2;6-7H,2-5,9H2,1H3,(H,10,11);6-7H,2-5H2,1H3,(H,9,10);1-2H;2*1H. The summed E-state index contributed by atoms with van der Waals surface area (Å²) in [5.41, 5.74) is 7.95. The number of ether oxygens (including phenoxy) is 1. The Balaban J connectivity index is 0.000000940. The molecule has 5 saturated carbocycles. The van der Waals surface area contributed by atoms with E-state index in [1.165, 1.54) is 0 Å². The highest BCUT2D eigenvalue weighted by Crippen LogP contribution is 2.36. The van der Waals surface area contributed by atoms with Crippen LogP contribution in [0.4, 0.5) is 43.9 Å². The van der Waals surface area contributed by atoms with Crippen molar-refractivity contribution < 1.29 is 91.3 Å². The van der Waals surface area contributed by atoms with Crippen molar-refractivity contribution in [2.45, 2.75) is 206 Å². The van der Waals surface area contributed by atoms with Crippen molar-refractivity contribution in [3.8, 4) is 0 Å². The third kappa shape index (κ3) is 29.3. The van der Waals surface area contributed by atoms with Crippen LogP contribution in [0, 0.1) is 41.4 Å². The van der Waals surface area contributed by atoms with Gasteiger partial charge in [-0.3, -0.25) is 24.6 Å². The van der Waals surface area contributed by atoms with Crippen LogP contribution in [-0.2, 0) is 33.5 Å². The van der Waals surface area contributed by atoms with Crippen molar-refractivity contribution in [1.29, 1.82) is 0 Å². The molecular formula is C50H78Cl2F10N8O10. The Bertz CT molecular complexity index is 2000. The van der Waals surface area contributed by atoms with Crippen LogP contribution in [0.5, 0.6) is 0 Å². The number of esters is 2. The van der Waals surface area contributed by atoms with E-state index in [1.807, 2.05) is 0 Å². The molecule has 0 saturated heterocycles. The number of hydrazine groups is 1. The van der Waals surface area contributed by atoms with Gasteiger partial charge in [0.15, 0.2) is 0 Å². The number of halogens is 12. The molecule has 0 unspecified atom stereocenters. The molecule has 80 heavy (non-hydrogen) atoms. The van der Waals surface area contributed by atoms with Crippen LogP contribution in [0.3, 0.4) is 0 Å². The summed E-state index contributed by atoms with van der Waals surface area (Å²) in [6, 6.07) is 0.221. The fraction of sp³-hybridized carbons (Fsp3) is 0.800. The maximum Gasteiger partial charge on any atom is 0.381 e. The summed E-state index contributed by atoms with van der Waals surface area (Å²) in [7, 11) is 0. The highest BCUT2D eigenvalue weighted by molar-refractivity contribution is 5.89. The molecule has 2 amide bonds. The van der Waals surface area contributed by atoms with Gasteiger partial charge in [-0.15, -0.1) is 45.2 Å². The molecule has 5 aliphatic carbocycles. The molecule has 30 heteroatoms. The SMILES string of the molecule is CC1CCC(C(=O)NCC(=O)C(F)F)CC1.CC1CCC(C(=O)NN)CC1.CC1CCC(C(=O)O)CC1.CC1CCC(c2nnc(C(F)F)o2)CC1.Cl.Cl.NC1CCC(c2nnc(C(F)F)o2)CC1.O=C(OC(=O)C(F)F)C(F)F. The number of carbonyl (C=O) groups excluding carboxylic acids is 5. The number of hydrogen-bond acceptors (Lipinski definition) is 15. The maximum absolute atomic E-state index is 12.2. The highest BCUT2D eigenvalue weighted by Gasteiger charge is 2.30. The predicted molar refractivity (Wildman–Crippen MR) is 273 cm³/mol. The number of nitrogens with two attached hydrogens (primary N) is 2. The van der Waals surface area contributed by atoms with Gasteiger partial charge in [-0.1, -0.05) is 27.7 Å². The lowest BCUT2D eigenvalue weighted by molar-refractivity contribution is -0.174. The van der Waals surface area contributed by atoms with Gasteiger partial charge in [0.25, 0.3) is 18.2 Å². The zero-order chi connectivity index (χ0) is 58.6. The monoisotopic (exact) mass is 1210 g/mol. The fourth-order valence-electron chi connectivity index (χ4n) is 9.13. The average Bonchev–Trinajstić information content (AvgIpc) is 4.12. The van der Waals surface area contributed by atoms with Gasteiger partial charge in [0.2, 0.25) is 29.4 Å². The molecular weight excluding hydrogens is 1130 g/mol. The van der Waals surface area contributed by atoms with Crippen LogP contribution in [0.2, 0.25) is 0 Å². The number of nitrogens with zero attached hydrogens (tertiary/aromatic N) is 4. The second-order valence-electron chi connectivity index (χ2n) is 20.7. The number of rotatable bonds is 12. The largest absolute Gasteiger partial charge is 0.481 e. The molecule has 0 aliphatic heterocycles. The lowest BCUT2D eigenvalue weighted by Gasteiger charge is -2.25. The Morgan fingerprint density at radius 3 is 1.14 bits per heavy atom. The number of carboxylic acid groups (broad SMARTS) is 1. The van der Waals surface area contributed by atoms with E-state index >= 15 is 0 Å². The number of carbonyl (C=O) groups is 6. The van der Waals surface area contributed by atoms with Crippen LogP contribution in [-0.4, -0.2) is 92.9 Å². The molecule has 7 rings (SSSR count). The number of hydrogen-bond donors (Lipinski definition) is 5. The second-order valence-corrected chi connectivity index (χ2v) is 20.7. The molecule has 0 radical (unpaired) electrons. The van der Waals surface area contributed by atoms with E-state index < -0.39 is 74.1 Å². The number of ketones is 1. The Kier molecular flexibility index (Phi) is 37.4. The van der Waals surface area contributed by atoms with Gasteiger partial charge in [0.1, 0.15) is 0 Å². The molecule has 7 N–H and O–H groups in total. The zero-order valence-electron chi connectivity index (χ0n) is 45.2. The van der Waals surface area contributed by atoms with Crippen molar-refractivity contribution in [3.63, 3.8) is 0 Å². The number of nitrogens with one attached hydrogen (secondary N) is 2. The van der Waals surface area contributed by atoms with Crippen molar-refractivity contribution in [3.05, 3.63) is 23.6 Å². The van der Waals surface area contributed by atoms with Crippen LogP contribution < -0.4 is 22.3 Å². The normalized spacial score (nSPS) is 25.3. The quantitative estimate of drug-likeness (QED) is 0.0330. The van der Waals surface area contributed by atoms with Gasteiger partial charge in [0, 0.05) is 29.7 Å². The van der Waals surface area contributed by atoms with Gasteiger partial charge in [-0.25, -0.2) is 24.2 Å². The van der Waals surface area contributed by atoms with E-state index in [-0.39, 0.29) is 72.3 Å². The number of carboxylic acids is 1. The van der Waals surface area contributed by atoms with Crippen LogP contribution in [0.15, 0.2) is 8.83 Å². The van der Waals surface area contributed by atoms with Crippen LogP contribution in [0.1, 0.15) is 204 Å². The molecule has 5 fully saturated rings. The van der Waals surface area contributed by atoms with Crippen molar-refractivity contribution in [1.82, 2.24) is 31.1 Å². The summed E-state index contributed by atoms with van der Waals surface area (Å²) in [6.45, 7) is 8.21. The molecule has 5 aliphatic rings. The zero-order valence-corrected chi connectivity index (χ0v) is 46.8. The number of Topliss-reactive ketones (excluding diaryl/α,β-unsaturated/α-hetero) is 1. The van der Waals surface area contributed by atoms with E-state index in [0.29, 0.717) is 17.7 Å². The average molecular weight is 1210 g/mol. The predicted octanol–water partition coefficient (Wildman–Crippen LogP) is 11.2. The van der Waals surface area contributed by atoms with E-state index in [9.17, 15) is 72.7 Å². The van der Waals surface area contributed by atoms with E-state index in [0.717, 1.165) is 146 Å². The minimum absolute atomic E-state index is 0. The third-order valence-electron chi connectivity index (χ3n) is 14.3. The second kappa shape index (κ2) is 39.7. The lowest BCUT2D eigenvalue weighted by Crippen LogP contribution is -2.37. The number of aromatic nitrogens is 4. The van der Waals surface area contributed by atoms with Crippen molar-refractivity contribution >= 4 is 60.3 Å². The molecule has 2 heterocycles. The first-order chi connectivity index (χ1) is 36.7. The summed E-state index contributed by atoms with van der Waals surface area (Å²) < 4.78 is 130. The molecule has 0 aromatic carbocycles. The molecule has 18 nitrogen and oxygen atoms in total. The molecule has 0 bridgehead atoms. The van der Waals surface area contributed by atoms with Crippen molar-refractivity contribution in [2.75, 3.05) is 6.54 Å². The minimum Gasteiger partial charge on any atom is -0.481 e. The minimum atomic E-state index is -3.57. The first-order valence-corrected chi connectivity index (χ1v) is 26.3. The first-order valence-electron chi connectivity index (χ1n) is 26.3. The number of amides is 2. The molecule has 462 valence electrons. The fourth-order valence-corrected chi connectivity index (χ4v) is 9.13. The summed E-state index contributed by atoms with van der Waals surface area (Å²) in [5, 5.41) is 24.9. The summed E-state index contributed by atoms with van der Waals surface area (Å²) >= 11 is 0. The van der Waals surface area contributed by atoms with E-state index in [2.05, 4.69) is 63.6 Å². The summed E-state index contributed by atoms with van der Waals surface area (Å²) in [6.07, 6.45) is 3.96. The highest BCUT2D eigenvalue weighted by atomic mass is 35.5. The van der Waals surface area contributed by atoms with Gasteiger partial charge >= 0.3 is 43.6 Å². The first kappa shape index (κ1) is 75.3.